The number of benzene rings is 1. The van der Waals surface area contributed by atoms with Gasteiger partial charge in [-0.3, -0.25) is 4.90 Å². The molecule has 2 saturated heterocycles. The zero-order chi connectivity index (χ0) is 14.5. The Morgan fingerprint density at radius 3 is 2.67 bits per heavy atom. The molecule has 3 heteroatoms. The normalized spacial score (nSPS) is 52.9. The minimum absolute atomic E-state index is 0.204. The fourth-order valence-corrected chi connectivity index (χ4v) is 6.43. The molecule has 0 amide bonds. The third kappa shape index (κ3) is 1.26. The van der Waals surface area contributed by atoms with Gasteiger partial charge < -0.3 is 5.11 Å². The van der Waals surface area contributed by atoms with Crippen molar-refractivity contribution < 1.29 is 5.11 Å². The SMILES string of the molecule is C=C1CN2C3C1C(c1ccc(C)cc1)C(O)C1CC(S)C132. The summed E-state index contributed by atoms with van der Waals surface area (Å²) in [5.41, 5.74) is 4.07. The summed E-state index contributed by atoms with van der Waals surface area (Å²) in [6.45, 7) is 7.43. The van der Waals surface area contributed by atoms with E-state index < -0.39 is 0 Å². The Kier molecular flexibility index (Phi) is 2.28. The number of hydrogen-bond donors (Lipinski definition) is 2. The van der Waals surface area contributed by atoms with Gasteiger partial charge in [0.15, 0.2) is 0 Å². The lowest BCUT2D eigenvalue weighted by Gasteiger charge is -2.54. The zero-order valence-corrected chi connectivity index (χ0v) is 13.1. The van der Waals surface area contributed by atoms with Crippen LogP contribution in [0.15, 0.2) is 36.4 Å². The molecular weight excluding hydrogens is 278 g/mol. The van der Waals surface area contributed by atoms with Crippen molar-refractivity contribution in [2.45, 2.75) is 42.2 Å². The number of aryl methyl sites for hydroxylation is 1. The molecule has 2 saturated carbocycles. The van der Waals surface area contributed by atoms with Gasteiger partial charge in [-0.15, -0.1) is 0 Å². The van der Waals surface area contributed by atoms with E-state index in [-0.39, 0.29) is 17.6 Å². The molecule has 2 nitrogen and oxygen atoms in total. The molecule has 1 spiro atoms. The van der Waals surface area contributed by atoms with Gasteiger partial charge in [-0.25, -0.2) is 0 Å². The molecular formula is C18H21NOS. The average Bonchev–Trinajstić information content (AvgIpc) is 3.03. The van der Waals surface area contributed by atoms with Crippen molar-refractivity contribution in [2.75, 3.05) is 6.54 Å². The van der Waals surface area contributed by atoms with E-state index >= 15 is 0 Å². The summed E-state index contributed by atoms with van der Waals surface area (Å²) in [7, 11) is 0. The van der Waals surface area contributed by atoms with Crippen LogP contribution in [0.4, 0.5) is 0 Å². The number of hydrogen-bond acceptors (Lipinski definition) is 3. The number of rotatable bonds is 1. The van der Waals surface area contributed by atoms with Crippen molar-refractivity contribution in [3.63, 3.8) is 0 Å². The maximum atomic E-state index is 11.0. The van der Waals surface area contributed by atoms with Crippen LogP contribution in [0.5, 0.6) is 0 Å². The molecule has 8 unspecified atom stereocenters. The summed E-state index contributed by atoms with van der Waals surface area (Å²) in [4.78, 5) is 2.57. The molecule has 2 aliphatic carbocycles. The van der Waals surface area contributed by atoms with Gasteiger partial charge in [-0.2, -0.15) is 12.6 Å². The summed E-state index contributed by atoms with van der Waals surface area (Å²) >= 11 is 4.79. The first-order chi connectivity index (χ1) is 10.1. The highest BCUT2D eigenvalue weighted by Gasteiger charge is 2.83. The van der Waals surface area contributed by atoms with Crippen LogP contribution < -0.4 is 0 Å². The summed E-state index contributed by atoms with van der Waals surface area (Å²) in [6.07, 6.45) is 0.804. The third-order valence-corrected chi connectivity index (χ3v) is 7.28. The van der Waals surface area contributed by atoms with Gasteiger partial charge in [0.05, 0.1) is 11.6 Å². The van der Waals surface area contributed by atoms with Crippen LogP contribution in [-0.4, -0.2) is 39.5 Å². The maximum Gasteiger partial charge on any atom is 0.0662 e. The smallest absolute Gasteiger partial charge is 0.0662 e. The molecule has 110 valence electrons. The minimum atomic E-state index is -0.251. The highest BCUT2D eigenvalue weighted by Crippen LogP contribution is 2.73. The van der Waals surface area contributed by atoms with Gasteiger partial charge in [-0.1, -0.05) is 42.0 Å². The molecule has 2 heterocycles. The fourth-order valence-electron chi connectivity index (χ4n) is 5.71. The molecule has 0 radical (unpaired) electrons. The summed E-state index contributed by atoms with van der Waals surface area (Å²) < 4.78 is 0. The Morgan fingerprint density at radius 1 is 1.29 bits per heavy atom. The number of piperidine rings is 1. The van der Waals surface area contributed by atoms with Crippen molar-refractivity contribution in [1.29, 1.82) is 0 Å². The molecule has 0 aromatic heterocycles. The molecule has 4 fully saturated rings. The lowest BCUT2D eigenvalue weighted by atomic mass is 9.54. The third-order valence-electron chi connectivity index (χ3n) is 6.66. The molecule has 8 atom stereocenters. The predicted molar refractivity (Wildman–Crippen MR) is 86.7 cm³/mol. The molecule has 4 aliphatic rings. The Balaban J connectivity index is 1.60. The van der Waals surface area contributed by atoms with Crippen molar-refractivity contribution in [2.24, 2.45) is 11.8 Å². The monoisotopic (exact) mass is 299 g/mol. The largest absolute Gasteiger partial charge is 0.392 e. The Hall–Kier alpha value is -0.770. The quantitative estimate of drug-likeness (QED) is 0.472. The van der Waals surface area contributed by atoms with E-state index in [4.69, 9.17) is 12.6 Å². The van der Waals surface area contributed by atoms with E-state index in [0.29, 0.717) is 23.1 Å². The summed E-state index contributed by atoms with van der Waals surface area (Å²) in [5.74, 6) is 1.03. The van der Waals surface area contributed by atoms with Crippen LogP contribution in [-0.2, 0) is 0 Å². The predicted octanol–water partition coefficient (Wildman–Crippen LogP) is 2.38. The van der Waals surface area contributed by atoms with Crippen LogP contribution in [0.1, 0.15) is 23.5 Å². The van der Waals surface area contributed by atoms with Crippen LogP contribution >= 0.6 is 12.6 Å². The second-order valence-corrected chi connectivity index (χ2v) is 8.05. The van der Waals surface area contributed by atoms with Crippen LogP contribution in [0, 0.1) is 18.8 Å². The lowest BCUT2D eigenvalue weighted by Crippen LogP contribution is -2.63. The second kappa shape index (κ2) is 3.76. The molecule has 2 aliphatic heterocycles. The van der Waals surface area contributed by atoms with Gasteiger partial charge in [0.1, 0.15) is 0 Å². The van der Waals surface area contributed by atoms with Gasteiger partial charge in [0.2, 0.25) is 0 Å². The molecule has 0 bridgehead atoms. The van der Waals surface area contributed by atoms with Crippen molar-refractivity contribution in [3.05, 3.63) is 47.5 Å². The molecule has 21 heavy (non-hydrogen) atoms. The van der Waals surface area contributed by atoms with Gasteiger partial charge in [0, 0.05) is 35.6 Å². The van der Waals surface area contributed by atoms with Crippen molar-refractivity contribution >= 4 is 12.6 Å². The molecule has 5 rings (SSSR count). The molecule has 1 aromatic rings. The van der Waals surface area contributed by atoms with Crippen LogP contribution in [0.3, 0.4) is 0 Å². The maximum absolute atomic E-state index is 11.0. The van der Waals surface area contributed by atoms with Gasteiger partial charge in [0.25, 0.3) is 0 Å². The van der Waals surface area contributed by atoms with E-state index in [9.17, 15) is 5.11 Å². The standard InChI is InChI=1S/C18H21NOS/c1-9-3-5-11(6-4-9)15-14-10(2)8-19-17(14)18(19)12(16(15)20)7-13(18)21/h3-6,12-17,20-21H,2,7-8H2,1H3. The topological polar surface area (TPSA) is 23.2 Å². The van der Waals surface area contributed by atoms with E-state index in [1.807, 2.05) is 0 Å². The van der Waals surface area contributed by atoms with E-state index in [1.54, 1.807) is 0 Å². The number of thiol groups is 1. The number of aliphatic hydroxyl groups is 1. The van der Waals surface area contributed by atoms with E-state index in [2.05, 4.69) is 42.7 Å². The van der Waals surface area contributed by atoms with Crippen LogP contribution in [0.2, 0.25) is 0 Å². The van der Waals surface area contributed by atoms with Crippen molar-refractivity contribution in [3.8, 4) is 0 Å². The Labute approximate surface area is 131 Å². The van der Waals surface area contributed by atoms with E-state index in [1.165, 1.54) is 16.7 Å². The second-order valence-electron chi connectivity index (χ2n) is 7.43. The highest BCUT2D eigenvalue weighted by atomic mass is 32.1. The summed E-state index contributed by atoms with van der Waals surface area (Å²) in [5, 5.41) is 11.5. The Bertz CT molecular complexity index is 641. The van der Waals surface area contributed by atoms with Gasteiger partial charge in [-0.05, 0) is 18.9 Å². The van der Waals surface area contributed by atoms with Crippen LogP contribution in [0.25, 0.3) is 0 Å². The lowest BCUT2D eigenvalue weighted by molar-refractivity contribution is -0.0311. The zero-order valence-electron chi connectivity index (χ0n) is 12.2. The first-order valence-electron chi connectivity index (χ1n) is 7.94. The van der Waals surface area contributed by atoms with Crippen molar-refractivity contribution in [1.82, 2.24) is 4.90 Å². The Morgan fingerprint density at radius 2 is 2.00 bits per heavy atom. The molecule has 1 N–H and O–H groups in total. The first-order valence-corrected chi connectivity index (χ1v) is 8.45. The number of nitrogens with zero attached hydrogens (tertiary/aromatic N) is 1. The average molecular weight is 299 g/mol. The van der Waals surface area contributed by atoms with Gasteiger partial charge >= 0.3 is 0 Å². The summed E-state index contributed by atoms with van der Waals surface area (Å²) in [6, 6.07) is 9.31. The number of aliphatic hydroxyl groups excluding tert-OH is 1. The molecule has 1 aromatic carbocycles. The fraction of sp³-hybridized carbons (Fsp3) is 0.556. The van der Waals surface area contributed by atoms with E-state index in [0.717, 1.165) is 13.0 Å². The highest BCUT2D eigenvalue weighted by molar-refractivity contribution is 7.81. The minimum Gasteiger partial charge on any atom is -0.392 e. The first kappa shape index (κ1) is 12.7.